The van der Waals surface area contributed by atoms with Gasteiger partial charge in [-0.1, -0.05) is 0 Å². The monoisotopic (exact) mass is 228 g/mol. The highest BCUT2D eigenvalue weighted by Crippen LogP contribution is 2.07. The molecule has 0 saturated carbocycles. The summed E-state index contributed by atoms with van der Waals surface area (Å²) in [5, 5.41) is 11.2. The van der Waals surface area contributed by atoms with Crippen LogP contribution in [0.15, 0.2) is 12.3 Å². The Hall–Kier alpha value is -1.56. The molecule has 90 valence electrons. The first kappa shape index (κ1) is 12.5. The van der Waals surface area contributed by atoms with E-state index in [-0.39, 0.29) is 12.5 Å². The van der Waals surface area contributed by atoms with Crippen LogP contribution in [0.3, 0.4) is 0 Å². The highest BCUT2D eigenvalue weighted by Gasteiger charge is 2.26. The lowest BCUT2D eigenvalue weighted by molar-refractivity contribution is -0.133. The van der Waals surface area contributed by atoms with E-state index in [0.29, 0.717) is 19.7 Å². The largest absolute Gasteiger partial charge is 0.478 e. The fourth-order valence-electron chi connectivity index (χ4n) is 1.47. The summed E-state index contributed by atoms with van der Waals surface area (Å²) in [6.07, 6.45) is 2.45. The molecule has 0 aromatic carbocycles. The molecule has 6 heteroatoms. The van der Waals surface area contributed by atoms with E-state index >= 15 is 0 Å². The topological polar surface area (TPSA) is 78.9 Å². The number of carbonyl (C=O) groups excluding carboxylic acids is 1. The molecule has 0 bridgehead atoms. The molecule has 1 aliphatic heterocycles. The van der Waals surface area contributed by atoms with Gasteiger partial charge in [0.2, 0.25) is 5.91 Å². The maximum Gasteiger partial charge on any atom is 0.329 e. The molecule has 16 heavy (non-hydrogen) atoms. The lowest BCUT2D eigenvalue weighted by atomic mass is 10.2. The van der Waals surface area contributed by atoms with Gasteiger partial charge in [0.05, 0.1) is 13.2 Å². The number of hydrogen-bond acceptors (Lipinski definition) is 4. The fraction of sp³-hybridized carbons (Fsp3) is 0.600. The Morgan fingerprint density at radius 2 is 2.38 bits per heavy atom. The van der Waals surface area contributed by atoms with Crippen LogP contribution in [0.4, 0.5) is 0 Å². The molecule has 1 unspecified atom stereocenters. The van der Waals surface area contributed by atoms with Gasteiger partial charge in [-0.25, -0.2) is 4.79 Å². The molecule has 0 aromatic rings. The minimum absolute atomic E-state index is 0.141. The van der Waals surface area contributed by atoms with Gasteiger partial charge >= 0.3 is 5.97 Å². The van der Waals surface area contributed by atoms with Crippen molar-refractivity contribution in [1.29, 1.82) is 0 Å². The molecule has 1 aliphatic rings. The molecular weight excluding hydrogens is 212 g/mol. The van der Waals surface area contributed by atoms with Crippen LogP contribution >= 0.6 is 0 Å². The molecule has 2 N–H and O–H groups in total. The second kappa shape index (κ2) is 6.12. The molecule has 1 atom stereocenters. The van der Waals surface area contributed by atoms with Crippen molar-refractivity contribution < 1.29 is 19.4 Å². The van der Waals surface area contributed by atoms with Gasteiger partial charge in [-0.05, 0) is 6.92 Å². The zero-order chi connectivity index (χ0) is 12.0. The van der Waals surface area contributed by atoms with E-state index < -0.39 is 12.0 Å². The van der Waals surface area contributed by atoms with Crippen LogP contribution in [-0.4, -0.2) is 54.2 Å². The number of nitrogens with one attached hydrogen (secondary N) is 1. The summed E-state index contributed by atoms with van der Waals surface area (Å²) >= 11 is 0. The average Bonchev–Trinajstić information content (AvgIpc) is 2.27. The summed E-state index contributed by atoms with van der Waals surface area (Å²) in [5.41, 5.74) is 0. The highest BCUT2D eigenvalue weighted by molar-refractivity contribution is 5.83. The third-order valence-corrected chi connectivity index (χ3v) is 2.23. The normalized spacial score (nSPS) is 21.1. The smallest absolute Gasteiger partial charge is 0.329 e. The number of amides is 1. The molecule has 1 rings (SSSR count). The Morgan fingerprint density at radius 3 is 3.00 bits per heavy atom. The third-order valence-electron chi connectivity index (χ3n) is 2.23. The summed E-state index contributed by atoms with van der Waals surface area (Å²) in [6, 6.07) is -0.440. The van der Waals surface area contributed by atoms with E-state index in [4.69, 9.17) is 9.84 Å². The summed E-state index contributed by atoms with van der Waals surface area (Å²) in [6.45, 7) is 3.69. The predicted molar refractivity (Wildman–Crippen MR) is 56.8 cm³/mol. The number of ether oxygens (including phenoxy) is 1. The molecule has 0 aliphatic carbocycles. The van der Waals surface area contributed by atoms with Crippen LogP contribution in [0.1, 0.15) is 6.92 Å². The Kier molecular flexibility index (Phi) is 4.78. The quantitative estimate of drug-likeness (QED) is 0.629. The molecule has 0 aromatic heterocycles. The molecule has 1 heterocycles. The van der Waals surface area contributed by atoms with Crippen molar-refractivity contribution in [2.24, 2.45) is 0 Å². The maximum atomic E-state index is 11.6. The number of rotatable bonds is 4. The highest BCUT2D eigenvalue weighted by atomic mass is 16.5. The first-order valence-electron chi connectivity index (χ1n) is 5.17. The Balaban J connectivity index is 2.63. The molecule has 6 nitrogen and oxygen atoms in total. The van der Waals surface area contributed by atoms with Crippen molar-refractivity contribution in [2.75, 3.05) is 26.3 Å². The Bertz CT molecular complexity index is 291. The summed E-state index contributed by atoms with van der Waals surface area (Å²) in [4.78, 5) is 23.7. The minimum Gasteiger partial charge on any atom is -0.478 e. The van der Waals surface area contributed by atoms with Crippen molar-refractivity contribution in [1.82, 2.24) is 10.2 Å². The first-order chi connectivity index (χ1) is 7.65. The van der Waals surface area contributed by atoms with Crippen LogP contribution in [0.25, 0.3) is 0 Å². The molecule has 1 saturated heterocycles. The number of morpholine rings is 1. The van der Waals surface area contributed by atoms with Gasteiger partial charge in [0.15, 0.2) is 0 Å². The number of carboxylic acid groups (broad SMARTS) is 1. The van der Waals surface area contributed by atoms with Gasteiger partial charge in [0.25, 0.3) is 0 Å². The number of hydrogen-bond donors (Lipinski definition) is 2. The van der Waals surface area contributed by atoms with Crippen LogP contribution in [0, 0.1) is 0 Å². The van der Waals surface area contributed by atoms with E-state index in [1.54, 1.807) is 4.90 Å². The summed E-state index contributed by atoms with van der Waals surface area (Å²) < 4.78 is 5.20. The number of nitrogens with zero attached hydrogens (tertiary/aromatic N) is 1. The number of carbonyl (C=O) groups is 2. The van der Waals surface area contributed by atoms with E-state index in [0.717, 1.165) is 6.08 Å². The molecular formula is C10H16N2O4. The van der Waals surface area contributed by atoms with Crippen molar-refractivity contribution in [3.63, 3.8) is 0 Å². The van der Waals surface area contributed by atoms with Gasteiger partial charge in [-0.3, -0.25) is 4.79 Å². The Morgan fingerprint density at radius 1 is 1.62 bits per heavy atom. The van der Waals surface area contributed by atoms with Crippen LogP contribution in [-0.2, 0) is 14.3 Å². The van der Waals surface area contributed by atoms with E-state index in [9.17, 15) is 9.59 Å². The molecule has 0 radical (unpaired) electrons. The van der Waals surface area contributed by atoms with Crippen molar-refractivity contribution in [3.05, 3.63) is 12.3 Å². The van der Waals surface area contributed by atoms with Gasteiger partial charge in [-0.15, -0.1) is 0 Å². The van der Waals surface area contributed by atoms with Gasteiger partial charge < -0.3 is 20.1 Å². The zero-order valence-electron chi connectivity index (χ0n) is 9.18. The minimum atomic E-state index is -1.03. The molecule has 0 spiro atoms. The number of aliphatic carboxylic acids is 1. The van der Waals surface area contributed by atoms with Crippen molar-refractivity contribution >= 4 is 11.9 Å². The molecule has 1 amide bonds. The summed E-state index contributed by atoms with van der Waals surface area (Å²) in [7, 11) is 0. The zero-order valence-corrected chi connectivity index (χ0v) is 9.18. The fourth-order valence-corrected chi connectivity index (χ4v) is 1.47. The van der Waals surface area contributed by atoms with Crippen LogP contribution in [0.2, 0.25) is 0 Å². The number of carboxylic acids is 1. The summed E-state index contributed by atoms with van der Waals surface area (Å²) in [5.74, 6) is -1.17. The van der Waals surface area contributed by atoms with Gasteiger partial charge in [-0.2, -0.15) is 0 Å². The molecule has 1 fully saturated rings. The van der Waals surface area contributed by atoms with Gasteiger partial charge in [0.1, 0.15) is 6.04 Å². The standard InChI is InChI=1S/C10H16N2O4/c1-2-11-10(15)8-7-16-6-5-12(8)4-3-9(13)14/h3-4,8H,2,5-7H2,1H3,(H,11,15)(H,13,14)/b4-3+. The second-order valence-corrected chi connectivity index (χ2v) is 3.38. The van der Waals surface area contributed by atoms with Gasteiger partial charge in [0, 0.05) is 25.4 Å². The van der Waals surface area contributed by atoms with Crippen LogP contribution in [0.5, 0.6) is 0 Å². The second-order valence-electron chi connectivity index (χ2n) is 3.38. The van der Waals surface area contributed by atoms with E-state index in [2.05, 4.69) is 5.32 Å². The van der Waals surface area contributed by atoms with E-state index in [1.807, 2.05) is 6.92 Å². The van der Waals surface area contributed by atoms with Crippen molar-refractivity contribution in [2.45, 2.75) is 13.0 Å². The van der Waals surface area contributed by atoms with Crippen LogP contribution < -0.4 is 5.32 Å². The SMILES string of the molecule is CCNC(=O)C1COCCN1/C=C/C(=O)O. The third kappa shape index (κ3) is 3.54. The predicted octanol–water partition coefficient (Wildman–Crippen LogP) is -0.578. The average molecular weight is 228 g/mol. The lowest BCUT2D eigenvalue weighted by Crippen LogP contribution is -2.51. The Labute approximate surface area is 93.9 Å². The van der Waals surface area contributed by atoms with Crippen molar-refractivity contribution in [3.8, 4) is 0 Å². The first-order valence-corrected chi connectivity index (χ1v) is 5.17. The van der Waals surface area contributed by atoms with E-state index in [1.165, 1.54) is 6.20 Å². The lowest BCUT2D eigenvalue weighted by Gasteiger charge is -2.33. The number of likely N-dealkylation sites (N-methyl/N-ethyl adjacent to an activating group) is 1. The maximum absolute atomic E-state index is 11.6.